The number of nitrogens with one attached hydrogen (secondary N) is 1. The quantitative estimate of drug-likeness (QED) is 0.424. The number of imidazole rings is 1. The molecule has 158 valence electrons. The molecule has 3 N–H and O–H groups in total. The SMILES string of the molecule is CN1C=CC(c2ccccc2)OP1(=O)OCCOCn1cnc2c(=O)[nH]c(N)nc21. The molecule has 1 aromatic carbocycles. The van der Waals surface area contributed by atoms with E-state index in [0.717, 1.165) is 5.56 Å². The van der Waals surface area contributed by atoms with Crippen molar-refractivity contribution >= 4 is 24.9 Å². The van der Waals surface area contributed by atoms with Crippen molar-refractivity contribution in [2.24, 2.45) is 0 Å². The summed E-state index contributed by atoms with van der Waals surface area (Å²) in [7, 11) is -1.88. The summed E-state index contributed by atoms with van der Waals surface area (Å²) in [5.41, 5.74) is 6.52. The number of aromatic nitrogens is 4. The van der Waals surface area contributed by atoms with Gasteiger partial charge in [-0.3, -0.25) is 28.1 Å². The molecule has 2 unspecified atom stereocenters. The zero-order valence-corrected chi connectivity index (χ0v) is 17.1. The Hall–Kier alpha value is -2.98. The van der Waals surface area contributed by atoms with Crippen LogP contribution in [0.4, 0.5) is 5.95 Å². The molecule has 3 aromatic rings. The van der Waals surface area contributed by atoms with Crippen LogP contribution in [0.2, 0.25) is 0 Å². The first-order valence-electron chi connectivity index (χ1n) is 9.14. The Bertz CT molecular complexity index is 1160. The lowest BCUT2D eigenvalue weighted by atomic mass is 10.1. The Morgan fingerprint density at radius 1 is 1.30 bits per heavy atom. The molecule has 1 aliphatic rings. The topological polar surface area (TPSA) is 138 Å². The normalized spacial score (nSPS) is 21.4. The molecule has 2 atom stereocenters. The molecule has 0 radical (unpaired) electrons. The zero-order valence-electron chi connectivity index (χ0n) is 16.2. The number of H-pyrrole nitrogens is 1. The van der Waals surface area contributed by atoms with E-state index in [2.05, 4.69) is 15.0 Å². The van der Waals surface area contributed by atoms with Gasteiger partial charge in [-0.05, 0) is 11.6 Å². The monoisotopic (exact) mass is 432 g/mol. The van der Waals surface area contributed by atoms with E-state index in [-0.39, 0.29) is 31.4 Å². The standard InChI is InChI=1S/C18H21N6O5P/c1-23-8-7-14(13-5-3-2-4-6-13)29-30(23,26)28-10-9-27-12-24-11-20-15-16(24)21-18(19)22-17(15)25/h2-8,11,14H,9-10,12H2,1H3,(H3,19,21,22,25). The number of rotatable bonds is 7. The third-order valence-corrected chi connectivity index (χ3v) is 6.35. The summed E-state index contributed by atoms with van der Waals surface area (Å²) in [6.45, 7) is 0.252. The summed E-state index contributed by atoms with van der Waals surface area (Å²) >= 11 is 0. The van der Waals surface area contributed by atoms with Gasteiger partial charge in [0.1, 0.15) is 12.8 Å². The number of ether oxygens (including phenoxy) is 1. The number of aromatic amines is 1. The van der Waals surface area contributed by atoms with Gasteiger partial charge in [-0.2, -0.15) is 4.98 Å². The summed E-state index contributed by atoms with van der Waals surface area (Å²) in [4.78, 5) is 22.2. The van der Waals surface area contributed by atoms with Crippen LogP contribution in [0.1, 0.15) is 11.7 Å². The highest BCUT2D eigenvalue weighted by molar-refractivity contribution is 7.51. The third kappa shape index (κ3) is 4.14. The molecule has 30 heavy (non-hydrogen) atoms. The number of hydrogen-bond acceptors (Lipinski definition) is 8. The molecule has 0 amide bonds. The van der Waals surface area contributed by atoms with Crippen LogP contribution >= 0.6 is 7.75 Å². The summed E-state index contributed by atoms with van der Waals surface area (Å²) in [5.74, 6) is -0.00538. The van der Waals surface area contributed by atoms with Gasteiger partial charge in [0, 0.05) is 13.2 Å². The van der Waals surface area contributed by atoms with Gasteiger partial charge in [0.25, 0.3) is 5.56 Å². The van der Waals surface area contributed by atoms with Crippen LogP contribution in [0.15, 0.2) is 53.7 Å². The summed E-state index contributed by atoms with van der Waals surface area (Å²) in [5, 5.41) is 0. The smallest absolute Gasteiger partial charge is 0.369 e. The molecule has 4 rings (SSSR count). The number of benzene rings is 1. The summed E-state index contributed by atoms with van der Waals surface area (Å²) in [6.07, 6.45) is 4.48. The van der Waals surface area contributed by atoms with Crippen LogP contribution in [-0.4, -0.2) is 44.5 Å². The molecule has 2 aromatic heterocycles. The Kier molecular flexibility index (Phi) is 5.69. The van der Waals surface area contributed by atoms with Crippen LogP contribution < -0.4 is 11.3 Å². The first kappa shape index (κ1) is 20.3. The number of hydrogen-bond donors (Lipinski definition) is 2. The Labute approximate surface area is 171 Å². The number of fused-ring (bicyclic) bond motifs is 1. The fraction of sp³-hybridized carbons (Fsp3) is 0.278. The van der Waals surface area contributed by atoms with E-state index in [9.17, 15) is 9.36 Å². The van der Waals surface area contributed by atoms with Crippen molar-refractivity contribution in [2.45, 2.75) is 12.8 Å². The lowest BCUT2D eigenvalue weighted by Crippen LogP contribution is -2.20. The van der Waals surface area contributed by atoms with E-state index in [4.69, 9.17) is 19.5 Å². The molecule has 0 saturated heterocycles. The predicted octanol–water partition coefficient (Wildman–Crippen LogP) is 2.02. The maximum Gasteiger partial charge on any atom is 0.435 e. The second-order valence-electron chi connectivity index (χ2n) is 6.53. The Morgan fingerprint density at radius 2 is 2.10 bits per heavy atom. The van der Waals surface area contributed by atoms with Gasteiger partial charge in [0.15, 0.2) is 11.2 Å². The number of nitrogen functional groups attached to an aromatic ring is 1. The van der Waals surface area contributed by atoms with E-state index in [1.807, 2.05) is 36.4 Å². The van der Waals surface area contributed by atoms with Gasteiger partial charge < -0.3 is 10.5 Å². The molecular formula is C18H21N6O5P. The third-order valence-electron chi connectivity index (χ3n) is 4.44. The van der Waals surface area contributed by atoms with Gasteiger partial charge >= 0.3 is 7.75 Å². The Balaban J connectivity index is 1.32. The average molecular weight is 432 g/mol. The molecular weight excluding hydrogens is 411 g/mol. The highest BCUT2D eigenvalue weighted by atomic mass is 31.2. The molecule has 0 aliphatic carbocycles. The first-order valence-corrected chi connectivity index (χ1v) is 10.6. The van der Waals surface area contributed by atoms with E-state index in [1.54, 1.807) is 17.8 Å². The fourth-order valence-corrected chi connectivity index (χ4v) is 4.33. The van der Waals surface area contributed by atoms with E-state index >= 15 is 0 Å². The van der Waals surface area contributed by atoms with Crippen molar-refractivity contribution in [3.8, 4) is 0 Å². The van der Waals surface area contributed by atoms with Crippen molar-refractivity contribution in [3.63, 3.8) is 0 Å². The summed E-state index contributed by atoms with van der Waals surface area (Å²) < 4.78 is 32.9. The van der Waals surface area contributed by atoms with Gasteiger partial charge in [0.2, 0.25) is 5.95 Å². The number of anilines is 1. The second-order valence-corrected chi connectivity index (χ2v) is 8.57. The molecule has 3 heterocycles. The highest BCUT2D eigenvalue weighted by Gasteiger charge is 2.35. The maximum absolute atomic E-state index is 13.1. The van der Waals surface area contributed by atoms with Crippen molar-refractivity contribution in [2.75, 3.05) is 26.0 Å². The van der Waals surface area contributed by atoms with E-state index in [1.165, 1.54) is 11.0 Å². The highest BCUT2D eigenvalue weighted by Crippen LogP contribution is 2.57. The molecule has 0 spiro atoms. The molecule has 12 heteroatoms. The zero-order chi connectivity index (χ0) is 21.1. The van der Waals surface area contributed by atoms with Gasteiger partial charge in [-0.1, -0.05) is 30.3 Å². The van der Waals surface area contributed by atoms with Crippen LogP contribution in [0.3, 0.4) is 0 Å². The molecule has 1 aliphatic heterocycles. The molecule has 11 nitrogen and oxygen atoms in total. The predicted molar refractivity (Wildman–Crippen MR) is 109 cm³/mol. The van der Waals surface area contributed by atoms with Gasteiger partial charge in [0.05, 0.1) is 19.5 Å². The Morgan fingerprint density at radius 3 is 2.90 bits per heavy atom. The lowest BCUT2D eigenvalue weighted by molar-refractivity contribution is 0.0435. The minimum atomic E-state index is -3.51. The van der Waals surface area contributed by atoms with E-state index < -0.39 is 19.4 Å². The van der Waals surface area contributed by atoms with Crippen LogP contribution in [0.5, 0.6) is 0 Å². The van der Waals surface area contributed by atoms with Gasteiger partial charge in [-0.15, -0.1) is 0 Å². The summed E-state index contributed by atoms with van der Waals surface area (Å²) in [6, 6.07) is 9.48. The molecule has 0 saturated carbocycles. The second kappa shape index (κ2) is 8.41. The number of nitrogens with zero attached hydrogens (tertiary/aromatic N) is 4. The van der Waals surface area contributed by atoms with Crippen molar-refractivity contribution in [1.82, 2.24) is 24.2 Å². The van der Waals surface area contributed by atoms with Crippen molar-refractivity contribution < 1.29 is 18.3 Å². The van der Waals surface area contributed by atoms with Crippen LogP contribution in [0.25, 0.3) is 11.2 Å². The average Bonchev–Trinajstić information content (AvgIpc) is 3.14. The molecule has 0 bridgehead atoms. The van der Waals surface area contributed by atoms with Crippen molar-refractivity contribution in [3.05, 3.63) is 64.9 Å². The minimum Gasteiger partial charge on any atom is -0.369 e. The first-order chi connectivity index (χ1) is 14.5. The molecule has 0 fully saturated rings. The minimum absolute atomic E-state index is 0.00538. The fourth-order valence-electron chi connectivity index (χ4n) is 2.91. The lowest BCUT2D eigenvalue weighted by Gasteiger charge is -2.32. The van der Waals surface area contributed by atoms with Gasteiger partial charge in [-0.25, -0.2) is 9.55 Å². The maximum atomic E-state index is 13.1. The largest absolute Gasteiger partial charge is 0.435 e. The van der Waals surface area contributed by atoms with E-state index in [0.29, 0.717) is 5.65 Å². The van der Waals surface area contributed by atoms with Crippen LogP contribution in [-0.2, 0) is 25.1 Å². The van der Waals surface area contributed by atoms with Crippen LogP contribution in [0, 0.1) is 0 Å². The number of nitrogens with two attached hydrogens (primary N) is 1. The van der Waals surface area contributed by atoms with Crippen molar-refractivity contribution in [1.29, 1.82) is 0 Å².